The molecule has 0 bridgehead atoms. The lowest BCUT2D eigenvalue weighted by Gasteiger charge is -2.45. The van der Waals surface area contributed by atoms with Gasteiger partial charge in [-0.15, -0.1) is 0 Å². The summed E-state index contributed by atoms with van der Waals surface area (Å²) in [5.74, 6) is 0. The van der Waals surface area contributed by atoms with Crippen LogP contribution in [0, 0.1) is 0 Å². The van der Waals surface area contributed by atoms with E-state index in [-0.39, 0.29) is 65.8 Å². The van der Waals surface area contributed by atoms with Crippen molar-refractivity contribution in [1.82, 2.24) is 13.7 Å². The molecule has 8 heteroatoms. The molecule has 0 saturated carbocycles. The topological polar surface area (TPSA) is 47.6 Å². The molecule has 0 fully saturated rings. The summed E-state index contributed by atoms with van der Waals surface area (Å²) < 4.78 is 173. The molecule has 0 amide bonds. The van der Waals surface area contributed by atoms with E-state index in [2.05, 4.69) is 180 Å². The molecule has 0 N–H and O–H groups in total. The molecule has 0 aliphatic carbocycles. The minimum atomic E-state index is -0.855. The molecule has 5 aromatic heterocycles. The Labute approximate surface area is 661 Å². The van der Waals surface area contributed by atoms with E-state index < -0.39 is 109 Å². The minimum Gasteiger partial charge on any atom is -0.456 e. The van der Waals surface area contributed by atoms with Crippen LogP contribution in [0.25, 0.3) is 149 Å². The van der Waals surface area contributed by atoms with E-state index >= 15 is 0 Å². The van der Waals surface area contributed by atoms with Gasteiger partial charge in [0.25, 0.3) is 6.71 Å². The van der Waals surface area contributed by atoms with Crippen molar-refractivity contribution in [3.8, 4) is 39.3 Å². The highest BCUT2D eigenvalue weighted by molar-refractivity contribution is 7.00. The van der Waals surface area contributed by atoms with Crippen molar-refractivity contribution >= 4 is 167 Å². The smallest absolute Gasteiger partial charge is 0.252 e. The Morgan fingerprint density at radius 1 is 0.300 bits per heavy atom. The molecule has 110 heavy (non-hydrogen) atoms. The fourth-order valence-electron chi connectivity index (χ4n) is 17.9. The number of aromatic nitrogens is 3. The lowest BCUT2D eigenvalue weighted by atomic mass is 9.33. The van der Waals surface area contributed by atoms with E-state index in [4.69, 9.17) is 11.6 Å². The summed E-state index contributed by atoms with van der Waals surface area (Å²) in [7, 11) is 0. The SMILES string of the molecule is [2H]c1c([2H])c([2H])c2c(c1[2H])c1c([2H])c([2H])c([2H])c([2H])c1n2-c1ccc2c(c1)N(c1cc(-c3ccccc3)cc3oc4ccccc4c13)c1cc(-n3c4ccc(C(C)(C)C)cc4c4cc(C(C)(C)C)ccc43)cc3c1B2c1ccc(-n2c4c([2H])c([2H])c([2H])c([2H])c4c4c([2H])c([2H])c([2H])c([2H])c42)cc1N3c1c(-c2ccccc2C(C)(C)C)ccc2oc3ccccc3c12. The standard InChI is InChI=1S/C102H78BN5O2/c1-100(2,3)63-43-50-85-76(55-63)77-56-64(101(4,5)6)44-51-86(77)106(85)67-59-90-98-91(60-67)108(99-73(68-29-13-20-36-78(68)102(7,8)9)47-52-94-97(99)75-35-19-26-42-93(75)109-94)88-58-66(105-83-39-23-16-32-71(83)72-33-17-24-40-84(72)105)46-49-80(88)103(98)79-48-45-65(104-81-37-21-14-30-69(81)70-31-15-22-38-82(70)104)57-87(79)107(90)89-53-62(61-27-11-10-12-28-61)54-95-96(89)74-34-18-25-41-92(74)110-95/h10-60H,1-9H3/i14D,15D,16D,17D,21D,22D,23D,24D,30D,31D,32D,33D,37D,38D,39D,40D. The Kier molecular flexibility index (Phi) is 10.5. The fourth-order valence-corrected chi connectivity index (χ4v) is 17.9. The van der Waals surface area contributed by atoms with E-state index in [0.29, 0.717) is 73.1 Å². The highest BCUT2D eigenvalue weighted by Gasteiger charge is 2.46. The number of furan rings is 2. The zero-order valence-corrected chi connectivity index (χ0v) is 61.8. The van der Waals surface area contributed by atoms with Crippen LogP contribution in [0.1, 0.15) is 101 Å². The Hall–Kier alpha value is -13.0. The summed E-state index contributed by atoms with van der Waals surface area (Å²) in [6.45, 7) is 19.0. The monoisotopic (exact) mass is 1430 g/mol. The van der Waals surface area contributed by atoms with Gasteiger partial charge in [0.1, 0.15) is 22.3 Å². The van der Waals surface area contributed by atoms with Crippen molar-refractivity contribution in [2.75, 3.05) is 9.80 Å². The number of hydrogen-bond donors (Lipinski definition) is 0. The van der Waals surface area contributed by atoms with Gasteiger partial charge in [0, 0.05) is 82.8 Å². The van der Waals surface area contributed by atoms with Crippen molar-refractivity contribution in [2.24, 2.45) is 0 Å². The average Bonchev–Trinajstić information content (AvgIpc) is 1.21. The predicted molar refractivity (Wildman–Crippen MR) is 465 cm³/mol. The van der Waals surface area contributed by atoms with Gasteiger partial charge in [-0.1, -0.05) is 250 Å². The molecule has 0 spiro atoms. The summed E-state index contributed by atoms with van der Waals surface area (Å²) in [4.78, 5) is 4.59. The molecule has 7 nitrogen and oxygen atoms in total. The van der Waals surface area contributed by atoms with Gasteiger partial charge in [0.05, 0.1) is 82.9 Å². The van der Waals surface area contributed by atoms with Crippen molar-refractivity contribution in [2.45, 2.75) is 78.6 Å². The normalized spacial score (nSPS) is 15.3. The van der Waals surface area contributed by atoms with Gasteiger partial charge >= 0.3 is 0 Å². The Morgan fingerprint density at radius 2 is 0.764 bits per heavy atom. The zero-order valence-electron chi connectivity index (χ0n) is 77.8. The first-order valence-electron chi connectivity index (χ1n) is 45.4. The molecule has 0 saturated heterocycles. The number of rotatable bonds is 7. The summed E-state index contributed by atoms with van der Waals surface area (Å²) in [6.07, 6.45) is 0. The largest absolute Gasteiger partial charge is 0.456 e. The number of para-hydroxylation sites is 6. The van der Waals surface area contributed by atoms with Gasteiger partial charge in [-0.3, -0.25) is 0 Å². The molecule has 15 aromatic carbocycles. The van der Waals surface area contributed by atoms with Crippen LogP contribution in [-0.2, 0) is 16.2 Å². The van der Waals surface area contributed by atoms with Crippen LogP contribution in [0.5, 0.6) is 0 Å². The van der Waals surface area contributed by atoms with Crippen molar-refractivity contribution < 1.29 is 30.8 Å². The molecule has 0 atom stereocenters. The Morgan fingerprint density at radius 3 is 1.31 bits per heavy atom. The van der Waals surface area contributed by atoms with Gasteiger partial charge in [0.2, 0.25) is 0 Å². The van der Waals surface area contributed by atoms with Crippen molar-refractivity contribution in [3.05, 3.63) is 326 Å². The minimum absolute atomic E-state index is 0.0732. The first-order valence-corrected chi connectivity index (χ1v) is 37.4. The second-order valence-electron chi connectivity index (χ2n) is 32.4. The van der Waals surface area contributed by atoms with Crippen molar-refractivity contribution in [1.29, 1.82) is 0 Å². The lowest BCUT2D eigenvalue weighted by molar-refractivity contribution is 0.590. The highest BCUT2D eigenvalue weighted by atomic mass is 16.3. The van der Waals surface area contributed by atoms with Crippen LogP contribution in [0.3, 0.4) is 0 Å². The molecule has 0 radical (unpaired) electrons. The number of hydrogen-bond acceptors (Lipinski definition) is 4. The molecule has 7 heterocycles. The maximum atomic E-state index is 10.0. The highest BCUT2D eigenvalue weighted by Crippen LogP contribution is 2.56. The molecule has 526 valence electrons. The Balaban J connectivity index is 0.987. The van der Waals surface area contributed by atoms with E-state index in [0.717, 1.165) is 87.8 Å². The molecule has 0 unspecified atom stereocenters. The van der Waals surface area contributed by atoms with Gasteiger partial charge in [-0.25, -0.2) is 0 Å². The maximum absolute atomic E-state index is 10.0. The molecular formula is C102H78BN5O2. The van der Waals surface area contributed by atoms with Gasteiger partial charge in [-0.05, 0) is 187 Å². The molecule has 22 rings (SSSR count). The summed E-state index contributed by atoms with van der Waals surface area (Å²) in [5, 5.41) is 4.69. The fraction of sp³-hybridized carbons (Fsp3) is 0.118. The van der Waals surface area contributed by atoms with E-state index in [1.54, 1.807) is 9.13 Å². The first-order chi connectivity index (χ1) is 60.1. The first kappa shape index (κ1) is 49.8. The summed E-state index contributed by atoms with van der Waals surface area (Å²) >= 11 is 0. The van der Waals surface area contributed by atoms with Crippen LogP contribution < -0.4 is 26.2 Å². The van der Waals surface area contributed by atoms with Crippen molar-refractivity contribution in [3.63, 3.8) is 0 Å². The Bertz CT molecular complexity index is 8120. The van der Waals surface area contributed by atoms with E-state index in [9.17, 15) is 19.2 Å². The predicted octanol–water partition coefficient (Wildman–Crippen LogP) is 26.1. The second kappa shape index (κ2) is 23.2. The number of nitrogens with zero attached hydrogens (tertiary/aromatic N) is 5. The van der Waals surface area contributed by atoms with Gasteiger partial charge < -0.3 is 32.3 Å². The lowest BCUT2D eigenvalue weighted by Crippen LogP contribution is -2.61. The third-order valence-electron chi connectivity index (χ3n) is 22.9. The molecule has 2 aliphatic heterocycles. The van der Waals surface area contributed by atoms with Gasteiger partial charge in [0.15, 0.2) is 0 Å². The molecule has 20 aromatic rings. The third kappa shape index (κ3) is 9.38. The van der Waals surface area contributed by atoms with Crippen LogP contribution >= 0.6 is 0 Å². The molecule has 2 aliphatic rings. The number of anilines is 6. The molecular weight excluding hydrogens is 1340 g/mol. The van der Waals surface area contributed by atoms with Crippen LogP contribution in [-0.4, -0.2) is 20.4 Å². The summed E-state index contributed by atoms with van der Waals surface area (Å²) in [6, 6.07) is 64.0. The zero-order chi connectivity index (χ0) is 87.9. The van der Waals surface area contributed by atoms with Gasteiger partial charge in [-0.2, -0.15) is 0 Å². The van der Waals surface area contributed by atoms with E-state index in [1.807, 2.05) is 109 Å². The summed E-state index contributed by atoms with van der Waals surface area (Å²) in [5.41, 5.74) is 16.6. The average molecular weight is 1430 g/mol. The number of benzene rings is 15. The van der Waals surface area contributed by atoms with E-state index in [1.165, 1.54) is 0 Å². The number of fused-ring (bicyclic) bond motifs is 19. The van der Waals surface area contributed by atoms with Crippen LogP contribution in [0.4, 0.5) is 34.1 Å². The quantitative estimate of drug-likeness (QED) is 0.149. The van der Waals surface area contributed by atoms with Crippen LogP contribution in [0.15, 0.2) is 318 Å². The van der Waals surface area contributed by atoms with Crippen LogP contribution in [0.2, 0.25) is 0 Å². The maximum Gasteiger partial charge on any atom is 0.252 e. The third-order valence-corrected chi connectivity index (χ3v) is 22.9. The second-order valence-corrected chi connectivity index (χ2v) is 32.4.